The summed E-state index contributed by atoms with van der Waals surface area (Å²) >= 11 is 3.84. The van der Waals surface area contributed by atoms with Crippen LogP contribution >= 0.6 is 15.9 Å². The summed E-state index contributed by atoms with van der Waals surface area (Å²) in [4.78, 5) is 0. The first-order valence-corrected chi connectivity index (χ1v) is 7.12. The van der Waals surface area contributed by atoms with E-state index in [0.29, 0.717) is 0 Å². The van der Waals surface area contributed by atoms with Gasteiger partial charge in [0.05, 0.1) is 11.4 Å². The Morgan fingerprint density at radius 3 is 2.41 bits per heavy atom. The van der Waals surface area contributed by atoms with Gasteiger partial charge in [-0.3, -0.25) is 0 Å². The molecule has 1 aromatic carbocycles. The molecule has 0 aromatic heterocycles. The average molecular weight is 296 g/mol. The predicted molar refractivity (Wildman–Crippen MR) is 73.1 cm³/mol. The van der Waals surface area contributed by atoms with Gasteiger partial charge in [0.1, 0.15) is 5.75 Å². The average Bonchev–Trinajstić information content (AvgIpc) is 3.11. The predicted octanol–water partition coefficient (Wildman–Crippen LogP) is 2.77. The number of hydrogen-bond donors (Lipinski definition) is 1. The highest BCUT2D eigenvalue weighted by Gasteiger charge is 2.44. The highest BCUT2D eigenvalue weighted by atomic mass is 79.9. The highest BCUT2D eigenvalue weighted by molar-refractivity contribution is 9.09. The summed E-state index contributed by atoms with van der Waals surface area (Å²) in [6.45, 7) is 2.17. The smallest absolute Gasteiger partial charge is 0.123 e. The van der Waals surface area contributed by atoms with Gasteiger partial charge in [-0.25, -0.2) is 0 Å². The Kier molecular flexibility index (Phi) is 2.91. The molecular formula is C14H18BrNO. The molecule has 2 nitrogen and oxygen atoms in total. The number of ether oxygens (including phenoxy) is 1. The van der Waals surface area contributed by atoms with Gasteiger partial charge in [-0.15, -0.1) is 0 Å². The number of methoxy groups -OCH3 is 1. The summed E-state index contributed by atoms with van der Waals surface area (Å²) < 4.78 is 5.77. The van der Waals surface area contributed by atoms with E-state index in [1.165, 1.54) is 29.5 Å². The van der Waals surface area contributed by atoms with E-state index < -0.39 is 0 Å². The second-order valence-corrected chi connectivity index (χ2v) is 6.55. The van der Waals surface area contributed by atoms with E-state index in [0.717, 1.165) is 31.7 Å². The molecule has 17 heavy (non-hydrogen) atoms. The summed E-state index contributed by atoms with van der Waals surface area (Å²) in [7, 11) is 1.78. The van der Waals surface area contributed by atoms with E-state index >= 15 is 0 Å². The van der Waals surface area contributed by atoms with Gasteiger partial charge in [-0.05, 0) is 56.0 Å². The van der Waals surface area contributed by atoms with Crippen LogP contribution in [0.15, 0.2) is 12.1 Å². The van der Waals surface area contributed by atoms with E-state index in [1.807, 2.05) is 0 Å². The molecule has 0 bridgehead atoms. The molecule has 1 N–H and O–H groups in total. The SMILES string of the molecule is COc1cc2c(cc1C1(Br)CC1)CCNCC2. The number of alkyl halides is 1. The molecule has 1 heterocycles. The Morgan fingerprint density at radius 2 is 1.82 bits per heavy atom. The molecule has 1 aliphatic heterocycles. The van der Waals surface area contributed by atoms with Gasteiger partial charge in [0.2, 0.25) is 0 Å². The third-order valence-corrected chi connectivity index (χ3v) is 5.06. The number of hydrogen-bond acceptors (Lipinski definition) is 2. The van der Waals surface area contributed by atoms with E-state index in [2.05, 4.69) is 33.4 Å². The van der Waals surface area contributed by atoms with Crippen LogP contribution in [-0.2, 0) is 17.2 Å². The fourth-order valence-electron chi connectivity index (χ4n) is 2.60. The molecule has 0 spiro atoms. The molecule has 1 saturated carbocycles. The van der Waals surface area contributed by atoms with Crippen molar-refractivity contribution in [1.82, 2.24) is 5.32 Å². The van der Waals surface area contributed by atoms with Crippen LogP contribution in [0.2, 0.25) is 0 Å². The quantitative estimate of drug-likeness (QED) is 0.847. The van der Waals surface area contributed by atoms with Crippen LogP contribution in [0.1, 0.15) is 29.5 Å². The largest absolute Gasteiger partial charge is 0.496 e. The van der Waals surface area contributed by atoms with Crippen molar-refractivity contribution in [3.05, 3.63) is 28.8 Å². The van der Waals surface area contributed by atoms with Crippen molar-refractivity contribution >= 4 is 15.9 Å². The normalized spacial score (nSPS) is 21.5. The molecule has 0 atom stereocenters. The minimum atomic E-state index is 0.201. The number of rotatable bonds is 2. The number of fused-ring (bicyclic) bond motifs is 1. The maximum Gasteiger partial charge on any atom is 0.123 e. The fraction of sp³-hybridized carbons (Fsp3) is 0.571. The Morgan fingerprint density at radius 1 is 1.18 bits per heavy atom. The maximum atomic E-state index is 5.57. The van der Waals surface area contributed by atoms with Crippen LogP contribution in [0.25, 0.3) is 0 Å². The van der Waals surface area contributed by atoms with Crippen LogP contribution in [0.5, 0.6) is 5.75 Å². The van der Waals surface area contributed by atoms with Crippen LogP contribution in [0.3, 0.4) is 0 Å². The lowest BCUT2D eigenvalue weighted by Gasteiger charge is -2.17. The number of benzene rings is 1. The number of halogens is 1. The molecule has 0 amide bonds. The van der Waals surface area contributed by atoms with Gasteiger partial charge in [0, 0.05) is 5.56 Å². The third-order valence-electron chi connectivity index (χ3n) is 3.84. The summed E-state index contributed by atoms with van der Waals surface area (Å²) in [6.07, 6.45) is 4.69. The van der Waals surface area contributed by atoms with Crippen molar-refractivity contribution in [2.75, 3.05) is 20.2 Å². The van der Waals surface area contributed by atoms with Crippen LogP contribution in [-0.4, -0.2) is 20.2 Å². The molecule has 0 saturated heterocycles. The second-order valence-electron chi connectivity index (χ2n) is 5.04. The maximum absolute atomic E-state index is 5.57. The molecule has 3 heteroatoms. The van der Waals surface area contributed by atoms with Crippen molar-refractivity contribution in [1.29, 1.82) is 0 Å². The van der Waals surface area contributed by atoms with E-state index in [4.69, 9.17) is 4.74 Å². The van der Waals surface area contributed by atoms with Crippen molar-refractivity contribution in [3.63, 3.8) is 0 Å². The van der Waals surface area contributed by atoms with Crippen LogP contribution in [0.4, 0.5) is 0 Å². The van der Waals surface area contributed by atoms with Gasteiger partial charge in [0.25, 0.3) is 0 Å². The Bertz CT molecular complexity index is 440. The van der Waals surface area contributed by atoms with Crippen molar-refractivity contribution in [3.8, 4) is 5.75 Å². The first-order chi connectivity index (χ1) is 8.23. The fourth-order valence-corrected chi connectivity index (χ4v) is 3.11. The standard InChI is InChI=1S/C14H18BrNO/c1-17-13-9-11-3-7-16-6-2-10(11)8-12(13)14(15)4-5-14/h8-9,16H,2-7H2,1H3. The summed E-state index contributed by atoms with van der Waals surface area (Å²) in [5, 5.41) is 3.45. The van der Waals surface area contributed by atoms with Crippen molar-refractivity contribution in [2.24, 2.45) is 0 Å². The number of nitrogens with one attached hydrogen (secondary N) is 1. The topological polar surface area (TPSA) is 21.3 Å². The van der Waals surface area contributed by atoms with Gasteiger partial charge >= 0.3 is 0 Å². The molecular weight excluding hydrogens is 278 g/mol. The minimum Gasteiger partial charge on any atom is -0.496 e. The van der Waals surface area contributed by atoms with Gasteiger partial charge in [-0.1, -0.05) is 22.0 Å². The first kappa shape index (κ1) is 11.5. The molecule has 1 aliphatic carbocycles. The van der Waals surface area contributed by atoms with E-state index in [9.17, 15) is 0 Å². The highest BCUT2D eigenvalue weighted by Crippen LogP contribution is 2.56. The zero-order chi connectivity index (χ0) is 11.9. The summed E-state index contributed by atoms with van der Waals surface area (Å²) in [6, 6.07) is 4.61. The summed E-state index contributed by atoms with van der Waals surface area (Å²) in [5.74, 6) is 1.06. The Hall–Kier alpha value is -0.540. The van der Waals surface area contributed by atoms with Gasteiger partial charge in [-0.2, -0.15) is 0 Å². The Labute approximate surface area is 111 Å². The zero-order valence-electron chi connectivity index (χ0n) is 10.2. The monoisotopic (exact) mass is 295 g/mol. The molecule has 1 aromatic rings. The van der Waals surface area contributed by atoms with Gasteiger partial charge in [0.15, 0.2) is 0 Å². The van der Waals surface area contributed by atoms with E-state index in [-0.39, 0.29) is 4.32 Å². The van der Waals surface area contributed by atoms with E-state index in [1.54, 1.807) is 7.11 Å². The lowest BCUT2D eigenvalue weighted by Crippen LogP contribution is -2.16. The summed E-state index contributed by atoms with van der Waals surface area (Å²) in [5.41, 5.74) is 4.30. The second kappa shape index (κ2) is 4.29. The van der Waals surface area contributed by atoms with Crippen LogP contribution < -0.4 is 10.1 Å². The molecule has 1 fully saturated rings. The molecule has 0 radical (unpaired) electrons. The Balaban J connectivity index is 2.06. The lowest BCUT2D eigenvalue weighted by atomic mass is 9.97. The van der Waals surface area contributed by atoms with Crippen molar-refractivity contribution in [2.45, 2.75) is 30.0 Å². The van der Waals surface area contributed by atoms with Gasteiger partial charge < -0.3 is 10.1 Å². The minimum absolute atomic E-state index is 0.201. The van der Waals surface area contributed by atoms with Crippen LogP contribution in [0, 0.1) is 0 Å². The lowest BCUT2D eigenvalue weighted by molar-refractivity contribution is 0.408. The van der Waals surface area contributed by atoms with Crippen molar-refractivity contribution < 1.29 is 4.74 Å². The molecule has 92 valence electrons. The molecule has 3 rings (SSSR count). The third kappa shape index (κ3) is 2.11. The molecule has 2 aliphatic rings. The molecule has 0 unspecified atom stereocenters. The zero-order valence-corrected chi connectivity index (χ0v) is 11.8. The first-order valence-electron chi connectivity index (χ1n) is 6.33.